The van der Waals surface area contributed by atoms with Gasteiger partial charge in [0.1, 0.15) is 0 Å². The molecule has 0 aliphatic carbocycles. The molecule has 4 nitrogen and oxygen atoms in total. The summed E-state index contributed by atoms with van der Waals surface area (Å²) in [5, 5.41) is 14.1. The van der Waals surface area contributed by atoms with Gasteiger partial charge >= 0.3 is 0 Å². The summed E-state index contributed by atoms with van der Waals surface area (Å²) in [7, 11) is 2.01. The number of nitrogens with zero attached hydrogens (tertiary/aromatic N) is 3. The van der Waals surface area contributed by atoms with Crippen LogP contribution >= 0.6 is 0 Å². The minimum Gasteiger partial charge on any atom is -0.389 e. The Morgan fingerprint density at radius 2 is 2.12 bits per heavy atom. The summed E-state index contributed by atoms with van der Waals surface area (Å²) in [6, 6.07) is 2.10. The minimum absolute atomic E-state index is 0.652. The number of aliphatic hydroxyl groups is 1. The molecule has 1 heterocycles. The van der Waals surface area contributed by atoms with Gasteiger partial charge in [-0.3, -0.25) is 9.58 Å². The molecule has 0 bridgehead atoms. The number of hydrogen-bond acceptors (Lipinski definition) is 3. The molecule has 16 heavy (non-hydrogen) atoms. The molecule has 0 spiro atoms. The van der Waals surface area contributed by atoms with Gasteiger partial charge in [0.2, 0.25) is 0 Å². The van der Waals surface area contributed by atoms with Crippen LogP contribution in [0, 0.1) is 6.92 Å². The van der Waals surface area contributed by atoms with Crippen molar-refractivity contribution < 1.29 is 5.11 Å². The lowest BCUT2D eigenvalue weighted by Gasteiger charge is -2.25. The fraction of sp³-hybridized carbons (Fsp3) is 0.750. The van der Waals surface area contributed by atoms with E-state index in [1.54, 1.807) is 0 Å². The van der Waals surface area contributed by atoms with Crippen molar-refractivity contribution in [3.8, 4) is 0 Å². The Hall–Kier alpha value is -0.870. The second kappa shape index (κ2) is 4.97. The summed E-state index contributed by atoms with van der Waals surface area (Å²) in [5.74, 6) is 0. The molecule has 92 valence electrons. The van der Waals surface area contributed by atoms with Crippen molar-refractivity contribution in [2.24, 2.45) is 0 Å². The molecule has 1 aromatic rings. The van der Waals surface area contributed by atoms with E-state index < -0.39 is 5.60 Å². The first-order valence-corrected chi connectivity index (χ1v) is 5.76. The number of likely N-dealkylation sites (N-methyl/N-ethyl adjacent to an activating group) is 1. The van der Waals surface area contributed by atoms with E-state index in [1.165, 1.54) is 5.69 Å². The summed E-state index contributed by atoms with van der Waals surface area (Å²) in [6.45, 7) is 10.1. The lowest BCUT2D eigenvalue weighted by Crippen LogP contribution is -2.36. The quantitative estimate of drug-likeness (QED) is 0.824. The predicted octanol–water partition coefficient (Wildman–Crippen LogP) is 1.41. The molecule has 0 saturated carbocycles. The molecule has 0 atom stereocenters. The summed E-state index contributed by atoms with van der Waals surface area (Å²) in [5.41, 5.74) is 1.60. The van der Waals surface area contributed by atoms with Crippen LogP contribution in [0.2, 0.25) is 0 Å². The van der Waals surface area contributed by atoms with Gasteiger partial charge in [-0.05, 0) is 40.8 Å². The minimum atomic E-state index is -0.652. The highest BCUT2D eigenvalue weighted by atomic mass is 16.3. The monoisotopic (exact) mass is 225 g/mol. The van der Waals surface area contributed by atoms with Crippen LogP contribution in [-0.4, -0.2) is 39.0 Å². The molecule has 0 saturated heterocycles. The Labute approximate surface area is 97.9 Å². The maximum Gasteiger partial charge on any atom is 0.0718 e. The van der Waals surface area contributed by atoms with Crippen LogP contribution in [-0.2, 0) is 13.1 Å². The third-order valence-electron chi connectivity index (χ3n) is 2.37. The van der Waals surface area contributed by atoms with Crippen LogP contribution in [0.3, 0.4) is 0 Å². The standard InChI is InChI=1S/C12H23N3O/c1-6-15-11(7-10(2)13-15)8-14(5)9-12(3,4)16/h7,16H,6,8-9H2,1-5H3. The highest BCUT2D eigenvalue weighted by Gasteiger charge is 2.16. The number of aromatic nitrogens is 2. The first-order chi connectivity index (χ1) is 7.31. The Morgan fingerprint density at radius 1 is 1.50 bits per heavy atom. The van der Waals surface area contributed by atoms with Crippen LogP contribution in [0.1, 0.15) is 32.2 Å². The molecular weight excluding hydrogens is 202 g/mol. The van der Waals surface area contributed by atoms with Gasteiger partial charge in [0.15, 0.2) is 0 Å². The summed E-state index contributed by atoms with van der Waals surface area (Å²) < 4.78 is 2.01. The highest BCUT2D eigenvalue weighted by Crippen LogP contribution is 2.09. The van der Waals surface area contributed by atoms with Crippen LogP contribution in [0.5, 0.6) is 0 Å². The largest absolute Gasteiger partial charge is 0.389 e. The number of aryl methyl sites for hydroxylation is 2. The van der Waals surface area contributed by atoms with E-state index in [1.807, 2.05) is 32.5 Å². The fourth-order valence-electron chi connectivity index (χ4n) is 1.99. The van der Waals surface area contributed by atoms with Crippen LogP contribution in [0.4, 0.5) is 0 Å². The predicted molar refractivity (Wildman–Crippen MR) is 65.3 cm³/mol. The lowest BCUT2D eigenvalue weighted by molar-refractivity contribution is 0.0418. The van der Waals surface area contributed by atoms with Gasteiger partial charge in [0.05, 0.1) is 17.0 Å². The van der Waals surface area contributed by atoms with E-state index >= 15 is 0 Å². The third kappa shape index (κ3) is 3.94. The van der Waals surface area contributed by atoms with Gasteiger partial charge in [-0.25, -0.2) is 0 Å². The second-order valence-corrected chi connectivity index (χ2v) is 5.08. The molecule has 4 heteroatoms. The maximum atomic E-state index is 9.73. The molecule has 0 aromatic carbocycles. The molecular formula is C12H23N3O. The average molecular weight is 225 g/mol. The normalized spacial score (nSPS) is 12.4. The number of rotatable bonds is 5. The van der Waals surface area contributed by atoms with Crippen LogP contribution in [0.15, 0.2) is 6.07 Å². The van der Waals surface area contributed by atoms with Crippen molar-refractivity contribution in [3.05, 3.63) is 17.5 Å². The zero-order valence-corrected chi connectivity index (χ0v) is 11.0. The molecule has 0 radical (unpaired) electrons. The smallest absolute Gasteiger partial charge is 0.0718 e. The molecule has 1 N–H and O–H groups in total. The van der Waals surface area contributed by atoms with Crippen molar-refractivity contribution in [3.63, 3.8) is 0 Å². The third-order valence-corrected chi connectivity index (χ3v) is 2.37. The van der Waals surface area contributed by atoms with Crippen molar-refractivity contribution in [2.75, 3.05) is 13.6 Å². The van der Waals surface area contributed by atoms with Gasteiger partial charge in [0, 0.05) is 19.6 Å². The first kappa shape index (κ1) is 13.2. The van der Waals surface area contributed by atoms with Gasteiger partial charge in [0.25, 0.3) is 0 Å². The van der Waals surface area contributed by atoms with E-state index in [-0.39, 0.29) is 0 Å². The molecule has 1 rings (SSSR count). The Bertz CT molecular complexity index is 339. The van der Waals surface area contributed by atoms with Crippen LogP contribution in [0.25, 0.3) is 0 Å². The zero-order valence-electron chi connectivity index (χ0n) is 11.0. The maximum absolute atomic E-state index is 9.73. The first-order valence-electron chi connectivity index (χ1n) is 5.76. The summed E-state index contributed by atoms with van der Waals surface area (Å²) in [6.07, 6.45) is 0. The molecule has 1 aromatic heterocycles. The van der Waals surface area contributed by atoms with Crippen molar-refractivity contribution in [1.29, 1.82) is 0 Å². The fourth-order valence-corrected chi connectivity index (χ4v) is 1.99. The lowest BCUT2D eigenvalue weighted by atomic mass is 10.1. The van der Waals surface area contributed by atoms with Gasteiger partial charge in [-0.1, -0.05) is 0 Å². The van der Waals surface area contributed by atoms with Crippen molar-refractivity contribution >= 4 is 0 Å². The van der Waals surface area contributed by atoms with E-state index in [0.717, 1.165) is 18.8 Å². The zero-order chi connectivity index (χ0) is 12.3. The van der Waals surface area contributed by atoms with E-state index in [0.29, 0.717) is 6.54 Å². The topological polar surface area (TPSA) is 41.3 Å². The van der Waals surface area contributed by atoms with Crippen molar-refractivity contribution in [1.82, 2.24) is 14.7 Å². The van der Waals surface area contributed by atoms with Gasteiger partial charge < -0.3 is 5.11 Å². The Morgan fingerprint density at radius 3 is 2.62 bits per heavy atom. The molecule has 0 unspecified atom stereocenters. The summed E-state index contributed by atoms with van der Waals surface area (Å²) in [4.78, 5) is 2.11. The number of hydrogen-bond donors (Lipinski definition) is 1. The van der Waals surface area contributed by atoms with Crippen molar-refractivity contribution in [2.45, 2.75) is 46.4 Å². The highest BCUT2D eigenvalue weighted by molar-refractivity contribution is 5.08. The molecule has 0 amide bonds. The Kier molecular flexibility index (Phi) is 4.10. The van der Waals surface area contributed by atoms with Gasteiger partial charge in [-0.15, -0.1) is 0 Å². The summed E-state index contributed by atoms with van der Waals surface area (Å²) >= 11 is 0. The molecule has 0 aliphatic rings. The van der Waals surface area contributed by atoms with Gasteiger partial charge in [-0.2, -0.15) is 5.10 Å². The second-order valence-electron chi connectivity index (χ2n) is 5.08. The molecule has 0 fully saturated rings. The molecule has 0 aliphatic heterocycles. The van der Waals surface area contributed by atoms with Crippen LogP contribution < -0.4 is 0 Å². The van der Waals surface area contributed by atoms with E-state index in [9.17, 15) is 5.11 Å². The van der Waals surface area contributed by atoms with E-state index in [4.69, 9.17) is 0 Å². The SMILES string of the molecule is CCn1nc(C)cc1CN(C)CC(C)(C)O. The Balaban J connectivity index is 2.65. The van der Waals surface area contributed by atoms with E-state index in [2.05, 4.69) is 23.0 Å². The average Bonchev–Trinajstić information content (AvgIpc) is 2.42.